The third-order valence-electron chi connectivity index (χ3n) is 3.10. The fourth-order valence-electron chi connectivity index (χ4n) is 2.10. The van der Waals surface area contributed by atoms with Gasteiger partial charge in [-0.05, 0) is 38.4 Å². The maximum atomic E-state index is 11.0. The molecule has 4 nitrogen and oxygen atoms in total. The van der Waals surface area contributed by atoms with Crippen molar-refractivity contribution >= 4 is 9.84 Å². The van der Waals surface area contributed by atoms with Crippen LogP contribution in [-0.2, 0) is 9.84 Å². The van der Waals surface area contributed by atoms with Gasteiger partial charge in [0.2, 0.25) is 0 Å². The maximum absolute atomic E-state index is 11.0. The number of piperidine rings is 1. The van der Waals surface area contributed by atoms with E-state index in [9.17, 15) is 13.5 Å². The first-order valence-electron chi connectivity index (χ1n) is 5.50. The first kappa shape index (κ1) is 12.9. The Hall–Kier alpha value is -0.130. The van der Waals surface area contributed by atoms with Gasteiger partial charge in [0.1, 0.15) is 9.84 Å². The van der Waals surface area contributed by atoms with Gasteiger partial charge < -0.3 is 10.0 Å². The van der Waals surface area contributed by atoms with Crippen LogP contribution in [0.4, 0.5) is 0 Å². The quantitative estimate of drug-likeness (QED) is 0.752. The van der Waals surface area contributed by atoms with E-state index in [4.69, 9.17) is 0 Å². The molecule has 1 fully saturated rings. The van der Waals surface area contributed by atoms with Crippen LogP contribution in [0.1, 0.15) is 19.8 Å². The Kier molecular flexibility index (Phi) is 4.55. The smallest absolute Gasteiger partial charge is 0.150 e. The summed E-state index contributed by atoms with van der Waals surface area (Å²) in [5, 5.41) is 9.77. The number of nitrogens with zero attached hydrogens (tertiary/aromatic N) is 1. The molecule has 0 spiro atoms. The van der Waals surface area contributed by atoms with Crippen LogP contribution in [0.25, 0.3) is 0 Å². The molecule has 1 aliphatic rings. The number of hydrogen-bond donors (Lipinski definition) is 1. The minimum atomic E-state index is -3.06. The molecule has 90 valence electrons. The Morgan fingerprint density at radius 2 is 1.93 bits per heavy atom. The zero-order chi connectivity index (χ0) is 11.5. The Morgan fingerprint density at radius 3 is 2.33 bits per heavy atom. The first-order chi connectivity index (χ1) is 6.92. The van der Waals surface area contributed by atoms with Crippen molar-refractivity contribution in [3.8, 4) is 0 Å². The van der Waals surface area contributed by atoms with E-state index in [1.807, 2.05) is 0 Å². The molecule has 0 amide bonds. The summed E-state index contributed by atoms with van der Waals surface area (Å²) in [7, 11) is -3.06. The topological polar surface area (TPSA) is 57.6 Å². The van der Waals surface area contributed by atoms with Gasteiger partial charge in [-0.2, -0.15) is 0 Å². The highest BCUT2D eigenvalue weighted by atomic mass is 32.2. The number of sulfone groups is 1. The fourth-order valence-corrected chi connectivity index (χ4v) is 2.99. The lowest BCUT2D eigenvalue weighted by Gasteiger charge is -2.33. The highest BCUT2D eigenvalue weighted by molar-refractivity contribution is 7.90. The second-order valence-corrected chi connectivity index (χ2v) is 6.62. The minimum absolute atomic E-state index is 0.0935. The van der Waals surface area contributed by atoms with Gasteiger partial charge in [-0.25, -0.2) is 8.42 Å². The molecule has 1 heterocycles. The number of likely N-dealkylation sites (tertiary alicyclic amines) is 1. The van der Waals surface area contributed by atoms with Crippen LogP contribution in [-0.4, -0.2) is 56.2 Å². The molecule has 1 aliphatic heterocycles. The summed E-state index contributed by atoms with van der Waals surface area (Å²) in [6, 6.07) is 0. The van der Waals surface area contributed by atoms with Crippen molar-refractivity contribution in [2.45, 2.75) is 25.9 Å². The van der Waals surface area contributed by atoms with Gasteiger partial charge in [-0.3, -0.25) is 0 Å². The molecular weight excluding hydrogens is 214 g/mol. The molecule has 1 unspecified atom stereocenters. The van der Waals surface area contributed by atoms with Gasteiger partial charge in [-0.1, -0.05) is 6.92 Å². The van der Waals surface area contributed by atoms with Gasteiger partial charge >= 0.3 is 0 Å². The van der Waals surface area contributed by atoms with Gasteiger partial charge in [0.05, 0.1) is 11.9 Å². The molecule has 1 saturated heterocycles. The lowest BCUT2D eigenvalue weighted by molar-refractivity contribution is 0.0757. The van der Waals surface area contributed by atoms with E-state index in [0.29, 0.717) is 0 Å². The van der Waals surface area contributed by atoms with Gasteiger partial charge in [0, 0.05) is 6.26 Å². The van der Waals surface area contributed by atoms with Crippen LogP contribution in [0.2, 0.25) is 0 Å². The van der Waals surface area contributed by atoms with E-state index in [1.54, 1.807) is 0 Å². The second kappa shape index (κ2) is 5.27. The molecule has 0 saturated carbocycles. The van der Waals surface area contributed by atoms with Crippen molar-refractivity contribution < 1.29 is 13.5 Å². The number of rotatable bonds is 4. The van der Waals surface area contributed by atoms with Gasteiger partial charge in [0.15, 0.2) is 0 Å². The molecule has 0 aromatic heterocycles. The van der Waals surface area contributed by atoms with Crippen molar-refractivity contribution in [1.29, 1.82) is 0 Å². The van der Waals surface area contributed by atoms with Crippen LogP contribution in [0, 0.1) is 5.92 Å². The third-order valence-corrected chi connectivity index (χ3v) is 4.04. The molecule has 0 aliphatic carbocycles. The molecule has 0 aromatic carbocycles. The fraction of sp³-hybridized carbons (Fsp3) is 1.00. The van der Waals surface area contributed by atoms with Crippen molar-refractivity contribution in [2.75, 3.05) is 31.6 Å². The summed E-state index contributed by atoms with van der Waals surface area (Å²) in [6.45, 7) is 5.10. The number of aliphatic hydroxyl groups excluding tert-OH is 1. The zero-order valence-electron chi connectivity index (χ0n) is 9.52. The Bertz CT molecular complexity index is 281. The molecule has 1 atom stereocenters. The Morgan fingerprint density at radius 1 is 1.40 bits per heavy atom. The van der Waals surface area contributed by atoms with E-state index >= 15 is 0 Å². The lowest BCUT2D eigenvalue weighted by atomic mass is 9.92. The van der Waals surface area contributed by atoms with E-state index < -0.39 is 15.9 Å². The summed E-state index contributed by atoms with van der Waals surface area (Å²) in [5.74, 6) is 0.0617. The molecule has 1 N–H and O–H groups in total. The average Bonchev–Trinajstić information content (AvgIpc) is 2.15. The van der Waals surface area contributed by atoms with Crippen LogP contribution < -0.4 is 0 Å². The largest absolute Gasteiger partial charge is 0.392 e. The molecule has 0 bridgehead atoms. The average molecular weight is 235 g/mol. The Labute approximate surface area is 92.2 Å². The number of hydrogen-bond acceptors (Lipinski definition) is 4. The predicted octanol–water partition coefficient (Wildman–Crippen LogP) is 0.124. The monoisotopic (exact) mass is 235 g/mol. The summed E-state index contributed by atoms with van der Waals surface area (Å²) in [6.07, 6.45) is 2.31. The van der Waals surface area contributed by atoms with E-state index in [1.165, 1.54) is 6.26 Å². The molecule has 0 radical (unpaired) electrons. The molecule has 1 rings (SSSR count). The molecule has 0 aromatic rings. The molecule has 5 heteroatoms. The van der Waals surface area contributed by atoms with Crippen molar-refractivity contribution in [3.05, 3.63) is 0 Å². The van der Waals surface area contributed by atoms with Gasteiger partial charge in [-0.15, -0.1) is 0 Å². The predicted molar refractivity (Wildman–Crippen MR) is 60.6 cm³/mol. The third kappa shape index (κ3) is 4.49. The lowest BCUT2D eigenvalue weighted by Crippen LogP contribution is -2.39. The SMILES string of the molecule is CCN1CCC(C(O)CS(C)(=O)=O)CC1. The summed E-state index contributed by atoms with van der Waals surface area (Å²) >= 11 is 0. The maximum Gasteiger partial charge on any atom is 0.150 e. The van der Waals surface area contributed by atoms with E-state index in [-0.39, 0.29) is 11.7 Å². The van der Waals surface area contributed by atoms with Crippen molar-refractivity contribution in [3.63, 3.8) is 0 Å². The summed E-state index contributed by atoms with van der Waals surface area (Å²) < 4.78 is 22.1. The molecule has 15 heavy (non-hydrogen) atoms. The highest BCUT2D eigenvalue weighted by Gasteiger charge is 2.26. The first-order valence-corrected chi connectivity index (χ1v) is 7.56. The standard InChI is InChI=1S/C10H21NO3S/c1-3-11-6-4-9(5-7-11)10(12)8-15(2,13)14/h9-10,12H,3-8H2,1-2H3. The van der Waals surface area contributed by atoms with Crippen LogP contribution in [0.5, 0.6) is 0 Å². The highest BCUT2D eigenvalue weighted by Crippen LogP contribution is 2.21. The van der Waals surface area contributed by atoms with Crippen LogP contribution in [0.3, 0.4) is 0 Å². The van der Waals surface area contributed by atoms with Crippen LogP contribution >= 0.6 is 0 Å². The summed E-state index contributed by atoms with van der Waals surface area (Å²) in [4.78, 5) is 2.32. The number of aliphatic hydroxyl groups is 1. The van der Waals surface area contributed by atoms with Crippen molar-refractivity contribution in [1.82, 2.24) is 4.90 Å². The van der Waals surface area contributed by atoms with Crippen LogP contribution in [0.15, 0.2) is 0 Å². The molecular formula is C10H21NO3S. The van der Waals surface area contributed by atoms with Gasteiger partial charge in [0.25, 0.3) is 0 Å². The van der Waals surface area contributed by atoms with E-state index in [0.717, 1.165) is 32.5 Å². The minimum Gasteiger partial charge on any atom is -0.392 e. The second-order valence-electron chi connectivity index (χ2n) is 4.43. The Balaban J connectivity index is 2.39. The van der Waals surface area contributed by atoms with Crippen molar-refractivity contribution in [2.24, 2.45) is 5.92 Å². The summed E-state index contributed by atoms with van der Waals surface area (Å²) in [5.41, 5.74) is 0. The van der Waals surface area contributed by atoms with E-state index in [2.05, 4.69) is 11.8 Å². The normalized spacial score (nSPS) is 22.9. The zero-order valence-corrected chi connectivity index (χ0v) is 10.3.